The van der Waals surface area contributed by atoms with Crippen molar-refractivity contribution in [3.8, 4) is 0 Å². The maximum absolute atomic E-state index is 8.97. The molecule has 1 aromatic rings. The predicted octanol–water partition coefficient (Wildman–Crippen LogP) is 2.57. The zero-order chi connectivity index (χ0) is 13.0. The summed E-state index contributed by atoms with van der Waals surface area (Å²) in [7, 11) is 0. The fourth-order valence-corrected chi connectivity index (χ4v) is 3.02. The van der Waals surface area contributed by atoms with Gasteiger partial charge in [-0.2, -0.15) is 0 Å². The van der Waals surface area contributed by atoms with Crippen LogP contribution in [0.15, 0.2) is 24.3 Å². The summed E-state index contributed by atoms with van der Waals surface area (Å²) in [5, 5.41) is 8.97. The van der Waals surface area contributed by atoms with Crippen molar-refractivity contribution in [1.29, 1.82) is 0 Å². The molecule has 2 rings (SSSR count). The molecule has 1 saturated heterocycles. The predicted molar refractivity (Wildman–Crippen MR) is 75.3 cm³/mol. The molecule has 1 aromatic carbocycles. The molecular formula is C15H24N2O. The van der Waals surface area contributed by atoms with Crippen LogP contribution in [0.2, 0.25) is 0 Å². The van der Waals surface area contributed by atoms with E-state index < -0.39 is 0 Å². The Balaban J connectivity index is 2.05. The second-order valence-electron chi connectivity index (χ2n) is 5.25. The van der Waals surface area contributed by atoms with Crippen LogP contribution in [0.3, 0.4) is 0 Å². The molecule has 100 valence electrons. The van der Waals surface area contributed by atoms with E-state index in [0.29, 0.717) is 18.7 Å². The van der Waals surface area contributed by atoms with E-state index in [9.17, 15) is 0 Å². The van der Waals surface area contributed by atoms with Gasteiger partial charge in [0.25, 0.3) is 0 Å². The Morgan fingerprint density at radius 1 is 1.50 bits per heavy atom. The quantitative estimate of drug-likeness (QED) is 0.787. The minimum Gasteiger partial charge on any atom is -0.399 e. The van der Waals surface area contributed by atoms with Crippen molar-refractivity contribution in [1.82, 2.24) is 4.90 Å². The lowest BCUT2D eigenvalue weighted by atomic mass is 10.0. The van der Waals surface area contributed by atoms with E-state index in [1.165, 1.54) is 18.4 Å². The number of aliphatic hydroxyl groups excluding tert-OH is 1. The summed E-state index contributed by atoms with van der Waals surface area (Å²) in [6.07, 6.45) is 4.53. The molecule has 18 heavy (non-hydrogen) atoms. The monoisotopic (exact) mass is 248 g/mol. The lowest BCUT2D eigenvalue weighted by Gasteiger charge is -2.31. The van der Waals surface area contributed by atoms with Gasteiger partial charge >= 0.3 is 0 Å². The van der Waals surface area contributed by atoms with Crippen LogP contribution in [0.4, 0.5) is 5.69 Å². The Bertz CT molecular complexity index is 381. The van der Waals surface area contributed by atoms with E-state index in [-0.39, 0.29) is 0 Å². The molecule has 2 unspecified atom stereocenters. The highest BCUT2D eigenvalue weighted by molar-refractivity contribution is 5.41. The first-order valence-electron chi connectivity index (χ1n) is 6.94. The molecule has 0 spiro atoms. The van der Waals surface area contributed by atoms with Gasteiger partial charge in [0, 0.05) is 24.4 Å². The average molecular weight is 248 g/mol. The average Bonchev–Trinajstić information content (AvgIpc) is 2.83. The number of hydrogen-bond donors (Lipinski definition) is 2. The highest BCUT2D eigenvalue weighted by Crippen LogP contribution is 2.31. The Labute approximate surface area is 110 Å². The van der Waals surface area contributed by atoms with Gasteiger partial charge in [-0.25, -0.2) is 0 Å². The molecule has 0 aromatic heterocycles. The van der Waals surface area contributed by atoms with E-state index in [0.717, 1.165) is 25.1 Å². The fraction of sp³-hybridized carbons (Fsp3) is 0.600. The Morgan fingerprint density at radius 3 is 3.06 bits per heavy atom. The van der Waals surface area contributed by atoms with E-state index in [1.54, 1.807) is 0 Å². The molecule has 3 heteroatoms. The SMILES string of the molecule is CC(c1cccc(N)c1)N1CCCC1CCCO. The van der Waals surface area contributed by atoms with Crippen LogP contribution in [0.1, 0.15) is 44.2 Å². The van der Waals surface area contributed by atoms with Crippen molar-refractivity contribution in [2.45, 2.75) is 44.7 Å². The first-order valence-corrected chi connectivity index (χ1v) is 6.94. The molecule has 0 saturated carbocycles. The number of nitrogens with two attached hydrogens (primary N) is 1. The first kappa shape index (κ1) is 13.4. The molecule has 1 fully saturated rings. The smallest absolute Gasteiger partial charge is 0.0431 e. The topological polar surface area (TPSA) is 49.5 Å². The zero-order valence-corrected chi connectivity index (χ0v) is 11.2. The third-order valence-corrected chi connectivity index (χ3v) is 4.01. The maximum Gasteiger partial charge on any atom is 0.0431 e. The van der Waals surface area contributed by atoms with Crippen LogP contribution in [-0.2, 0) is 0 Å². The fourth-order valence-electron chi connectivity index (χ4n) is 3.02. The summed E-state index contributed by atoms with van der Waals surface area (Å²) in [6, 6.07) is 9.23. The van der Waals surface area contributed by atoms with Crippen LogP contribution < -0.4 is 5.73 Å². The van der Waals surface area contributed by atoms with Crippen molar-refractivity contribution < 1.29 is 5.11 Å². The summed E-state index contributed by atoms with van der Waals surface area (Å²) in [4.78, 5) is 2.56. The van der Waals surface area contributed by atoms with Gasteiger partial charge in [-0.15, -0.1) is 0 Å². The van der Waals surface area contributed by atoms with Crippen molar-refractivity contribution in [3.63, 3.8) is 0 Å². The molecule has 2 atom stereocenters. The normalized spacial score (nSPS) is 22.2. The number of aliphatic hydroxyl groups is 1. The van der Waals surface area contributed by atoms with Gasteiger partial charge in [-0.3, -0.25) is 4.90 Å². The van der Waals surface area contributed by atoms with Gasteiger partial charge in [-0.1, -0.05) is 12.1 Å². The summed E-state index contributed by atoms with van der Waals surface area (Å²) >= 11 is 0. The van der Waals surface area contributed by atoms with Gasteiger partial charge in [0.1, 0.15) is 0 Å². The van der Waals surface area contributed by atoms with Crippen LogP contribution in [-0.4, -0.2) is 29.2 Å². The minimum atomic E-state index is 0.303. The summed E-state index contributed by atoms with van der Waals surface area (Å²) in [5.74, 6) is 0. The number of nitrogens with zero attached hydrogens (tertiary/aromatic N) is 1. The highest BCUT2D eigenvalue weighted by Gasteiger charge is 2.28. The standard InChI is InChI=1S/C15H24N2O/c1-12(13-5-2-6-14(16)11-13)17-9-3-7-15(17)8-4-10-18/h2,5-6,11-12,15,18H,3-4,7-10,16H2,1H3. The van der Waals surface area contributed by atoms with Gasteiger partial charge < -0.3 is 10.8 Å². The Kier molecular flexibility index (Phi) is 4.61. The van der Waals surface area contributed by atoms with Crippen molar-refractivity contribution in [2.75, 3.05) is 18.9 Å². The number of benzene rings is 1. The van der Waals surface area contributed by atoms with Crippen molar-refractivity contribution >= 4 is 5.69 Å². The Hall–Kier alpha value is -1.06. The maximum atomic E-state index is 8.97. The highest BCUT2D eigenvalue weighted by atomic mass is 16.2. The second kappa shape index (κ2) is 6.21. The van der Waals surface area contributed by atoms with E-state index in [2.05, 4.69) is 24.0 Å². The zero-order valence-electron chi connectivity index (χ0n) is 11.2. The van der Waals surface area contributed by atoms with Crippen LogP contribution in [0.5, 0.6) is 0 Å². The van der Waals surface area contributed by atoms with E-state index in [1.807, 2.05) is 12.1 Å². The lowest BCUT2D eigenvalue weighted by Crippen LogP contribution is -2.32. The van der Waals surface area contributed by atoms with E-state index in [4.69, 9.17) is 10.8 Å². The molecule has 0 bridgehead atoms. The van der Waals surface area contributed by atoms with Crippen LogP contribution >= 0.6 is 0 Å². The molecule has 3 nitrogen and oxygen atoms in total. The largest absolute Gasteiger partial charge is 0.399 e. The van der Waals surface area contributed by atoms with Crippen LogP contribution in [0.25, 0.3) is 0 Å². The van der Waals surface area contributed by atoms with Gasteiger partial charge in [0.05, 0.1) is 0 Å². The number of hydrogen-bond acceptors (Lipinski definition) is 3. The third kappa shape index (κ3) is 3.03. The molecule has 1 aliphatic rings. The molecule has 0 radical (unpaired) electrons. The summed E-state index contributed by atoms with van der Waals surface area (Å²) in [5.41, 5.74) is 7.99. The molecule has 0 amide bonds. The van der Waals surface area contributed by atoms with Gasteiger partial charge in [-0.05, 0) is 56.8 Å². The number of likely N-dealkylation sites (tertiary alicyclic amines) is 1. The van der Waals surface area contributed by atoms with Crippen molar-refractivity contribution in [2.24, 2.45) is 0 Å². The molecule has 3 N–H and O–H groups in total. The first-order chi connectivity index (χ1) is 8.72. The van der Waals surface area contributed by atoms with Gasteiger partial charge in [0.2, 0.25) is 0 Å². The lowest BCUT2D eigenvalue weighted by molar-refractivity contribution is 0.172. The minimum absolute atomic E-state index is 0.303. The molecular weight excluding hydrogens is 224 g/mol. The molecule has 0 aliphatic carbocycles. The Morgan fingerprint density at radius 2 is 2.33 bits per heavy atom. The molecule has 1 heterocycles. The third-order valence-electron chi connectivity index (χ3n) is 4.01. The van der Waals surface area contributed by atoms with Gasteiger partial charge in [0.15, 0.2) is 0 Å². The van der Waals surface area contributed by atoms with Crippen molar-refractivity contribution in [3.05, 3.63) is 29.8 Å². The molecule has 1 aliphatic heterocycles. The summed E-state index contributed by atoms with van der Waals surface area (Å²) < 4.78 is 0. The summed E-state index contributed by atoms with van der Waals surface area (Å²) in [6.45, 7) is 3.72. The van der Waals surface area contributed by atoms with Crippen LogP contribution in [0, 0.1) is 0 Å². The second-order valence-corrected chi connectivity index (χ2v) is 5.25. The number of anilines is 1. The number of rotatable bonds is 5. The number of nitrogen functional groups attached to an aromatic ring is 1. The van der Waals surface area contributed by atoms with E-state index >= 15 is 0 Å².